The number of benzene rings is 2. The van der Waals surface area contributed by atoms with Crippen LogP contribution in [0.3, 0.4) is 0 Å². The van der Waals surface area contributed by atoms with Crippen molar-refractivity contribution < 1.29 is 13.2 Å². The maximum atomic E-state index is 12.4. The van der Waals surface area contributed by atoms with Crippen molar-refractivity contribution in [2.75, 3.05) is 4.72 Å². The standard InChI is InChI=1S/C18H22N2O3S/c1-4-14(3)19-18(21)15-9-11-16(12-10-15)24(22,23)20-17-8-6-5-7-13(17)2/h5-12,14,20H,4H2,1-3H3,(H,19,21). The molecule has 1 atom stereocenters. The van der Waals surface area contributed by atoms with Crippen LogP contribution in [0.1, 0.15) is 36.2 Å². The Labute approximate surface area is 143 Å². The predicted octanol–water partition coefficient (Wildman–Crippen LogP) is 3.32. The summed E-state index contributed by atoms with van der Waals surface area (Å²) < 4.78 is 27.5. The van der Waals surface area contributed by atoms with Crippen molar-refractivity contribution in [2.45, 2.75) is 38.1 Å². The normalized spacial score (nSPS) is 12.5. The van der Waals surface area contributed by atoms with E-state index in [4.69, 9.17) is 0 Å². The van der Waals surface area contributed by atoms with Crippen molar-refractivity contribution in [3.05, 3.63) is 59.7 Å². The lowest BCUT2D eigenvalue weighted by atomic mass is 10.2. The van der Waals surface area contributed by atoms with Crippen molar-refractivity contribution in [3.8, 4) is 0 Å². The summed E-state index contributed by atoms with van der Waals surface area (Å²) in [4.78, 5) is 12.2. The Morgan fingerprint density at radius 1 is 1.08 bits per heavy atom. The van der Waals surface area contributed by atoms with E-state index in [9.17, 15) is 13.2 Å². The molecule has 0 heterocycles. The number of amides is 1. The van der Waals surface area contributed by atoms with E-state index < -0.39 is 10.0 Å². The first-order valence-electron chi connectivity index (χ1n) is 7.83. The largest absolute Gasteiger partial charge is 0.350 e. The Balaban J connectivity index is 2.17. The fraction of sp³-hybridized carbons (Fsp3) is 0.278. The molecule has 0 bridgehead atoms. The van der Waals surface area contributed by atoms with Gasteiger partial charge in [-0.05, 0) is 56.2 Å². The third-order valence-electron chi connectivity index (χ3n) is 3.81. The summed E-state index contributed by atoms with van der Waals surface area (Å²) in [6.07, 6.45) is 0.832. The van der Waals surface area contributed by atoms with E-state index in [0.29, 0.717) is 11.3 Å². The van der Waals surface area contributed by atoms with E-state index in [1.54, 1.807) is 12.1 Å². The number of anilines is 1. The van der Waals surface area contributed by atoms with Crippen LogP contribution in [0.15, 0.2) is 53.4 Å². The molecule has 0 radical (unpaired) electrons. The molecule has 0 aromatic heterocycles. The second-order valence-electron chi connectivity index (χ2n) is 5.73. The molecule has 0 aliphatic carbocycles. The maximum Gasteiger partial charge on any atom is 0.261 e. The molecule has 1 amide bonds. The summed E-state index contributed by atoms with van der Waals surface area (Å²) in [5, 5.41) is 2.85. The number of aryl methyl sites for hydroxylation is 1. The van der Waals surface area contributed by atoms with Crippen molar-refractivity contribution in [3.63, 3.8) is 0 Å². The van der Waals surface area contributed by atoms with Gasteiger partial charge < -0.3 is 5.32 Å². The molecule has 0 aliphatic heterocycles. The van der Waals surface area contributed by atoms with E-state index in [1.807, 2.05) is 32.9 Å². The number of nitrogens with one attached hydrogen (secondary N) is 2. The van der Waals surface area contributed by atoms with Gasteiger partial charge in [-0.25, -0.2) is 8.42 Å². The molecule has 0 spiro atoms. The molecule has 24 heavy (non-hydrogen) atoms. The van der Waals surface area contributed by atoms with Crippen LogP contribution in [-0.2, 0) is 10.0 Å². The third kappa shape index (κ3) is 4.35. The van der Waals surface area contributed by atoms with Crippen LogP contribution in [0.5, 0.6) is 0 Å². The van der Waals surface area contributed by atoms with Gasteiger partial charge in [0, 0.05) is 11.6 Å². The SMILES string of the molecule is CCC(C)NC(=O)c1ccc(S(=O)(=O)Nc2ccccc2C)cc1. The lowest BCUT2D eigenvalue weighted by molar-refractivity contribution is 0.0939. The zero-order chi connectivity index (χ0) is 17.7. The lowest BCUT2D eigenvalue weighted by Gasteiger charge is -2.12. The summed E-state index contributed by atoms with van der Waals surface area (Å²) >= 11 is 0. The van der Waals surface area contributed by atoms with Crippen LogP contribution in [-0.4, -0.2) is 20.4 Å². The lowest BCUT2D eigenvalue weighted by Crippen LogP contribution is -2.31. The van der Waals surface area contributed by atoms with Gasteiger partial charge in [-0.2, -0.15) is 0 Å². The van der Waals surface area contributed by atoms with E-state index in [2.05, 4.69) is 10.0 Å². The second kappa shape index (κ2) is 7.49. The molecule has 2 N–H and O–H groups in total. The molecule has 0 aliphatic rings. The van der Waals surface area contributed by atoms with E-state index in [1.165, 1.54) is 24.3 Å². The van der Waals surface area contributed by atoms with Crippen LogP contribution >= 0.6 is 0 Å². The highest BCUT2D eigenvalue weighted by atomic mass is 32.2. The van der Waals surface area contributed by atoms with Crippen molar-refractivity contribution in [2.24, 2.45) is 0 Å². The van der Waals surface area contributed by atoms with Gasteiger partial charge in [0.25, 0.3) is 15.9 Å². The van der Waals surface area contributed by atoms with Gasteiger partial charge in [0.05, 0.1) is 10.6 Å². The molecular formula is C18H22N2O3S. The minimum Gasteiger partial charge on any atom is -0.350 e. The summed E-state index contributed by atoms with van der Waals surface area (Å²) in [5.74, 6) is -0.208. The van der Waals surface area contributed by atoms with Gasteiger partial charge in [0.2, 0.25) is 0 Å². The number of para-hydroxylation sites is 1. The summed E-state index contributed by atoms with van der Waals surface area (Å²) in [6.45, 7) is 5.74. The van der Waals surface area contributed by atoms with Crippen LogP contribution in [0, 0.1) is 6.92 Å². The highest BCUT2D eigenvalue weighted by molar-refractivity contribution is 7.92. The van der Waals surface area contributed by atoms with E-state index in [-0.39, 0.29) is 16.8 Å². The van der Waals surface area contributed by atoms with E-state index in [0.717, 1.165) is 12.0 Å². The first-order chi connectivity index (χ1) is 11.3. The molecule has 0 saturated heterocycles. The quantitative estimate of drug-likeness (QED) is 0.842. The van der Waals surface area contributed by atoms with Gasteiger partial charge in [-0.3, -0.25) is 9.52 Å². The maximum absolute atomic E-state index is 12.4. The van der Waals surface area contributed by atoms with Crippen molar-refractivity contribution >= 4 is 21.6 Å². The number of rotatable bonds is 6. The zero-order valence-electron chi connectivity index (χ0n) is 14.0. The molecular weight excluding hydrogens is 324 g/mol. The molecule has 2 aromatic rings. The molecule has 6 heteroatoms. The summed E-state index contributed by atoms with van der Waals surface area (Å²) in [6, 6.07) is 13.1. The second-order valence-corrected chi connectivity index (χ2v) is 7.41. The Morgan fingerprint density at radius 2 is 1.71 bits per heavy atom. The highest BCUT2D eigenvalue weighted by Gasteiger charge is 2.16. The monoisotopic (exact) mass is 346 g/mol. The average molecular weight is 346 g/mol. The molecule has 128 valence electrons. The Kier molecular flexibility index (Phi) is 5.62. The van der Waals surface area contributed by atoms with Gasteiger partial charge in [-0.15, -0.1) is 0 Å². The molecule has 0 fully saturated rings. The van der Waals surface area contributed by atoms with Crippen LogP contribution in [0.4, 0.5) is 5.69 Å². The molecule has 5 nitrogen and oxygen atoms in total. The van der Waals surface area contributed by atoms with Gasteiger partial charge in [0.1, 0.15) is 0 Å². The molecule has 0 saturated carbocycles. The first kappa shape index (κ1) is 18.0. The minimum absolute atomic E-state index is 0.0728. The van der Waals surface area contributed by atoms with E-state index >= 15 is 0 Å². The van der Waals surface area contributed by atoms with Crippen molar-refractivity contribution in [1.29, 1.82) is 0 Å². The van der Waals surface area contributed by atoms with Crippen LogP contribution < -0.4 is 10.0 Å². The average Bonchev–Trinajstić information content (AvgIpc) is 2.56. The number of carbonyl (C=O) groups is 1. The summed E-state index contributed by atoms with van der Waals surface area (Å²) in [7, 11) is -3.69. The fourth-order valence-electron chi connectivity index (χ4n) is 2.09. The topological polar surface area (TPSA) is 75.3 Å². The third-order valence-corrected chi connectivity index (χ3v) is 5.19. The molecule has 2 aromatic carbocycles. The zero-order valence-corrected chi connectivity index (χ0v) is 14.9. The van der Waals surface area contributed by atoms with Crippen molar-refractivity contribution in [1.82, 2.24) is 5.32 Å². The van der Waals surface area contributed by atoms with Gasteiger partial charge in [-0.1, -0.05) is 25.1 Å². The smallest absolute Gasteiger partial charge is 0.261 e. The minimum atomic E-state index is -3.69. The number of hydrogen-bond acceptors (Lipinski definition) is 3. The number of sulfonamides is 1. The predicted molar refractivity (Wildman–Crippen MR) is 95.6 cm³/mol. The highest BCUT2D eigenvalue weighted by Crippen LogP contribution is 2.19. The number of hydrogen-bond donors (Lipinski definition) is 2. The van der Waals surface area contributed by atoms with Gasteiger partial charge in [0.15, 0.2) is 0 Å². The fourth-order valence-corrected chi connectivity index (χ4v) is 3.22. The Hall–Kier alpha value is -2.34. The molecule has 2 rings (SSSR count). The Morgan fingerprint density at radius 3 is 2.29 bits per heavy atom. The Bertz CT molecular complexity index is 814. The van der Waals surface area contributed by atoms with Gasteiger partial charge >= 0.3 is 0 Å². The molecule has 1 unspecified atom stereocenters. The van der Waals surface area contributed by atoms with Crippen LogP contribution in [0.2, 0.25) is 0 Å². The van der Waals surface area contributed by atoms with Crippen LogP contribution in [0.25, 0.3) is 0 Å². The first-order valence-corrected chi connectivity index (χ1v) is 9.31. The summed E-state index contributed by atoms with van der Waals surface area (Å²) in [5.41, 5.74) is 1.81. The number of carbonyl (C=O) groups excluding carboxylic acids is 1.